The average Bonchev–Trinajstić information content (AvgIpc) is 3.17. The molecule has 0 saturated carbocycles. The Bertz CT molecular complexity index is 775. The van der Waals surface area contributed by atoms with Crippen LogP contribution in [0.25, 0.3) is 0 Å². The Balaban J connectivity index is 2.16. The van der Waals surface area contributed by atoms with Crippen LogP contribution in [0.4, 0.5) is 0 Å². The number of carboxylic acid groups (broad SMARTS) is 2. The summed E-state index contributed by atoms with van der Waals surface area (Å²) in [6, 6.07) is 3.29. The third kappa shape index (κ3) is 2.49. The van der Waals surface area contributed by atoms with E-state index in [0.29, 0.717) is 0 Å². The molecule has 3 N–H and O–H groups in total. The van der Waals surface area contributed by atoms with Gasteiger partial charge in [0.15, 0.2) is 20.3 Å². The number of carboxylic acids is 2. The fourth-order valence-electron chi connectivity index (χ4n) is 2.87. The molecule has 0 aliphatic carbocycles. The Labute approximate surface area is 135 Å². The largest absolute Gasteiger partial charge is 0.480 e. The monoisotopic (exact) mass is 355 g/mol. The third-order valence-corrected chi connectivity index (χ3v) is 6.22. The van der Waals surface area contributed by atoms with Crippen LogP contribution < -0.4 is 5.32 Å². The van der Waals surface area contributed by atoms with Gasteiger partial charge >= 0.3 is 11.9 Å². The molecule has 1 saturated heterocycles. The summed E-state index contributed by atoms with van der Waals surface area (Å²) in [6.45, 7) is 0. The molecule has 0 aromatic carbocycles. The summed E-state index contributed by atoms with van der Waals surface area (Å²) in [4.78, 5) is 23.1. The lowest BCUT2D eigenvalue weighted by Gasteiger charge is -2.37. The van der Waals surface area contributed by atoms with Gasteiger partial charge in [-0.25, -0.2) is 8.42 Å². The standard InChI is InChI=1S/C14H13NO8S/c16-13(17)11-9(7-3-1-5-22-7)15-10(8-4-2-6-23-8)12(14(18)19)24(11,20)21/h1-6,9-12,15H,(H,16,17)(H,18,19)/t9-,10-,11-,12+/m0/s1. The summed E-state index contributed by atoms with van der Waals surface area (Å²) in [5, 5.41) is 17.5. The molecule has 4 atom stereocenters. The second-order valence-corrected chi connectivity index (χ2v) is 7.45. The fourth-order valence-corrected chi connectivity index (χ4v) is 4.93. The molecule has 1 fully saturated rings. The number of carbonyl (C=O) groups is 2. The first-order valence-corrected chi connectivity index (χ1v) is 8.46. The van der Waals surface area contributed by atoms with Crippen LogP contribution in [0.15, 0.2) is 45.6 Å². The number of hydrogen-bond acceptors (Lipinski definition) is 7. The van der Waals surface area contributed by atoms with Crippen molar-refractivity contribution in [1.82, 2.24) is 5.32 Å². The lowest BCUT2D eigenvalue weighted by molar-refractivity contribution is -0.138. The number of rotatable bonds is 4. The van der Waals surface area contributed by atoms with Crippen molar-refractivity contribution in [2.45, 2.75) is 22.6 Å². The maximum Gasteiger partial charge on any atom is 0.324 e. The molecule has 0 unspecified atom stereocenters. The lowest BCUT2D eigenvalue weighted by atomic mass is 10.0. The highest BCUT2D eigenvalue weighted by Gasteiger charge is 2.57. The summed E-state index contributed by atoms with van der Waals surface area (Å²) in [7, 11) is -4.59. The maximum absolute atomic E-state index is 12.7. The van der Waals surface area contributed by atoms with E-state index < -0.39 is 44.4 Å². The Kier molecular flexibility index (Phi) is 3.93. The van der Waals surface area contributed by atoms with Crippen LogP contribution >= 0.6 is 0 Å². The lowest BCUT2D eigenvalue weighted by Crippen LogP contribution is -2.58. The summed E-state index contributed by atoms with van der Waals surface area (Å²) in [5.74, 6) is -3.17. The van der Waals surface area contributed by atoms with Gasteiger partial charge in [-0.2, -0.15) is 0 Å². The van der Waals surface area contributed by atoms with Crippen LogP contribution in [-0.4, -0.2) is 41.1 Å². The van der Waals surface area contributed by atoms with Gasteiger partial charge in [-0.1, -0.05) is 0 Å². The van der Waals surface area contributed by atoms with E-state index in [1.807, 2.05) is 0 Å². The van der Waals surface area contributed by atoms with E-state index in [0.717, 1.165) is 0 Å². The quantitative estimate of drug-likeness (QED) is 0.716. The predicted octanol–water partition coefficient (Wildman–Crippen LogP) is 0.579. The molecule has 3 rings (SSSR count). The molecule has 1 aliphatic heterocycles. The second kappa shape index (κ2) is 5.80. The van der Waals surface area contributed by atoms with Gasteiger partial charge in [0.1, 0.15) is 11.5 Å². The van der Waals surface area contributed by atoms with Crippen LogP contribution in [0.2, 0.25) is 0 Å². The predicted molar refractivity (Wildman–Crippen MR) is 77.8 cm³/mol. The Hall–Kier alpha value is -2.59. The van der Waals surface area contributed by atoms with Gasteiger partial charge < -0.3 is 19.0 Å². The van der Waals surface area contributed by atoms with Crippen LogP contribution in [0.5, 0.6) is 0 Å². The highest BCUT2D eigenvalue weighted by atomic mass is 32.2. The molecule has 10 heteroatoms. The molecule has 3 heterocycles. The van der Waals surface area contributed by atoms with E-state index in [9.17, 15) is 28.2 Å². The first kappa shape index (κ1) is 16.3. The topological polar surface area (TPSA) is 147 Å². The Morgan fingerprint density at radius 1 is 0.917 bits per heavy atom. The van der Waals surface area contributed by atoms with E-state index in [4.69, 9.17) is 8.83 Å². The molecule has 2 aromatic heterocycles. The van der Waals surface area contributed by atoms with Gasteiger partial charge in [0.25, 0.3) is 0 Å². The van der Waals surface area contributed by atoms with Crippen LogP contribution in [0.3, 0.4) is 0 Å². The van der Waals surface area contributed by atoms with Crippen molar-refractivity contribution in [3.8, 4) is 0 Å². The smallest absolute Gasteiger partial charge is 0.324 e. The van der Waals surface area contributed by atoms with E-state index in [1.54, 1.807) is 0 Å². The van der Waals surface area contributed by atoms with Crippen molar-refractivity contribution in [2.24, 2.45) is 0 Å². The fraction of sp³-hybridized carbons (Fsp3) is 0.286. The molecule has 128 valence electrons. The van der Waals surface area contributed by atoms with Crippen molar-refractivity contribution < 1.29 is 37.1 Å². The number of nitrogens with one attached hydrogen (secondary N) is 1. The summed E-state index contributed by atoms with van der Waals surface area (Å²) < 4.78 is 35.7. The van der Waals surface area contributed by atoms with Crippen molar-refractivity contribution >= 4 is 21.8 Å². The minimum Gasteiger partial charge on any atom is -0.480 e. The van der Waals surface area contributed by atoms with Crippen LogP contribution in [-0.2, 0) is 19.4 Å². The van der Waals surface area contributed by atoms with E-state index >= 15 is 0 Å². The van der Waals surface area contributed by atoms with Crippen molar-refractivity contribution in [2.75, 3.05) is 0 Å². The average molecular weight is 355 g/mol. The zero-order valence-electron chi connectivity index (χ0n) is 12.0. The van der Waals surface area contributed by atoms with E-state index in [-0.39, 0.29) is 11.5 Å². The highest BCUT2D eigenvalue weighted by Crippen LogP contribution is 2.38. The molecule has 1 aliphatic rings. The zero-order valence-corrected chi connectivity index (χ0v) is 12.8. The molecule has 0 bridgehead atoms. The van der Waals surface area contributed by atoms with Gasteiger partial charge in [0.2, 0.25) is 0 Å². The molecule has 24 heavy (non-hydrogen) atoms. The van der Waals surface area contributed by atoms with Gasteiger partial charge in [-0.3, -0.25) is 14.9 Å². The molecule has 0 spiro atoms. The normalized spacial score (nSPS) is 29.2. The van der Waals surface area contributed by atoms with Crippen molar-refractivity contribution in [1.29, 1.82) is 0 Å². The molecule has 0 amide bonds. The molecule has 2 aromatic rings. The number of aliphatic carboxylic acids is 2. The van der Waals surface area contributed by atoms with Gasteiger partial charge in [0.05, 0.1) is 24.6 Å². The van der Waals surface area contributed by atoms with Crippen molar-refractivity contribution in [3.63, 3.8) is 0 Å². The Morgan fingerprint density at radius 2 is 1.33 bits per heavy atom. The highest BCUT2D eigenvalue weighted by molar-refractivity contribution is 7.94. The maximum atomic E-state index is 12.7. The molecule has 9 nitrogen and oxygen atoms in total. The third-order valence-electron chi connectivity index (χ3n) is 3.86. The second-order valence-electron chi connectivity index (χ2n) is 5.26. The van der Waals surface area contributed by atoms with Gasteiger partial charge in [-0.15, -0.1) is 0 Å². The molecular formula is C14H13NO8S. The first-order chi connectivity index (χ1) is 11.3. The summed E-state index contributed by atoms with van der Waals surface area (Å²) in [6.07, 6.45) is 2.54. The molecular weight excluding hydrogens is 342 g/mol. The number of hydrogen-bond donors (Lipinski definition) is 3. The van der Waals surface area contributed by atoms with E-state index in [1.165, 1.54) is 36.8 Å². The first-order valence-electron chi connectivity index (χ1n) is 6.85. The summed E-state index contributed by atoms with van der Waals surface area (Å²) in [5.41, 5.74) is 0. The molecule has 0 radical (unpaired) electrons. The van der Waals surface area contributed by atoms with Crippen LogP contribution in [0.1, 0.15) is 23.6 Å². The van der Waals surface area contributed by atoms with Gasteiger partial charge in [-0.05, 0) is 24.3 Å². The van der Waals surface area contributed by atoms with E-state index in [2.05, 4.69) is 5.32 Å². The van der Waals surface area contributed by atoms with Gasteiger partial charge in [0, 0.05) is 0 Å². The van der Waals surface area contributed by atoms with Crippen LogP contribution in [0, 0.1) is 0 Å². The minimum atomic E-state index is -4.59. The van der Waals surface area contributed by atoms with Crippen molar-refractivity contribution in [3.05, 3.63) is 48.3 Å². The Morgan fingerprint density at radius 3 is 1.62 bits per heavy atom. The zero-order chi connectivity index (χ0) is 17.5. The minimum absolute atomic E-state index is 0.0753. The number of sulfone groups is 1. The SMILES string of the molecule is O=C(O)[C@@H]1[C@H](c2ccco2)N[C@@H](c2ccco2)[C@H](C(=O)O)S1(=O)=O. The number of furan rings is 2. The summed E-state index contributed by atoms with van der Waals surface area (Å²) >= 11 is 0.